The first kappa shape index (κ1) is 14.2. The zero-order valence-electron chi connectivity index (χ0n) is 12.0. The van der Waals surface area contributed by atoms with Gasteiger partial charge in [0, 0.05) is 11.6 Å². The summed E-state index contributed by atoms with van der Waals surface area (Å²) in [4.78, 5) is 17.4. The van der Waals surface area contributed by atoms with Crippen molar-refractivity contribution < 1.29 is 4.79 Å². The summed E-state index contributed by atoms with van der Waals surface area (Å²) in [6.45, 7) is 4.09. The van der Waals surface area contributed by atoms with Crippen LogP contribution in [0.4, 0.5) is 0 Å². The van der Waals surface area contributed by atoms with Crippen molar-refractivity contribution in [3.8, 4) is 10.6 Å². The van der Waals surface area contributed by atoms with Gasteiger partial charge in [0.1, 0.15) is 9.88 Å². The molecule has 1 aliphatic heterocycles. The second-order valence-electron chi connectivity index (χ2n) is 5.45. The van der Waals surface area contributed by atoms with Crippen LogP contribution in [0.2, 0.25) is 0 Å². The van der Waals surface area contributed by atoms with E-state index in [9.17, 15) is 4.79 Å². The Morgan fingerprint density at radius 3 is 2.95 bits per heavy atom. The van der Waals surface area contributed by atoms with Gasteiger partial charge >= 0.3 is 0 Å². The average Bonchev–Trinajstić information content (AvgIpc) is 3.00. The standard InChI is InChI=1S/C16H19N3OS/c1-11-9-17-8-7-13(11)19-15(20)14-10-18-16(21-14)12-5-3-2-4-6-12/h2-6,10-11,13,17H,7-9H2,1H3,(H,19,20). The van der Waals surface area contributed by atoms with Gasteiger partial charge in [-0.1, -0.05) is 37.3 Å². The Morgan fingerprint density at radius 1 is 1.38 bits per heavy atom. The molecule has 1 aromatic carbocycles. The van der Waals surface area contributed by atoms with E-state index in [1.165, 1.54) is 11.3 Å². The van der Waals surface area contributed by atoms with Crippen molar-refractivity contribution in [3.05, 3.63) is 41.4 Å². The van der Waals surface area contributed by atoms with Crippen molar-refractivity contribution >= 4 is 17.2 Å². The first-order valence-electron chi connectivity index (χ1n) is 7.27. The van der Waals surface area contributed by atoms with E-state index in [0.717, 1.165) is 30.1 Å². The molecule has 3 rings (SSSR count). The highest BCUT2D eigenvalue weighted by Gasteiger charge is 2.23. The van der Waals surface area contributed by atoms with E-state index in [1.807, 2.05) is 30.3 Å². The molecule has 21 heavy (non-hydrogen) atoms. The van der Waals surface area contributed by atoms with Crippen LogP contribution < -0.4 is 10.6 Å². The fourth-order valence-electron chi connectivity index (χ4n) is 2.56. The molecule has 0 radical (unpaired) electrons. The lowest BCUT2D eigenvalue weighted by Crippen LogP contribution is -2.48. The van der Waals surface area contributed by atoms with Gasteiger partial charge in [-0.25, -0.2) is 4.98 Å². The molecule has 0 bridgehead atoms. The zero-order chi connectivity index (χ0) is 14.7. The maximum atomic E-state index is 12.3. The van der Waals surface area contributed by atoms with Crippen molar-refractivity contribution in [2.75, 3.05) is 13.1 Å². The van der Waals surface area contributed by atoms with Crippen LogP contribution in [-0.4, -0.2) is 30.0 Å². The maximum Gasteiger partial charge on any atom is 0.263 e. The number of benzene rings is 1. The molecule has 1 saturated heterocycles. The lowest BCUT2D eigenvalue weighted by atomic mass is 9.95. The number of carbonyl (C=O) groups is 1. The largest absolute Gasteiger partial charge is 0.348 e. The molecule has 2 aromatic rings. The topological polar surface area (TPSA) is 54.0 Å². The molecule has 1 fully saturated rings. The number of piperidine rings is 1. The third kappa shape index (κ3) is 3.31. The molecular formula is C16H19N3OS. The Labute approximate surface area is 128 Å². The normalized spacial score (nSPS) is 22.0. The molecule has 1 aromatic heterocycles. The summed E-state index contributed by atoms with van der Waals surface area (Å²) in [6.07, 6.45) is 2.66. The lowest BCUT2D eigenvalue weighted by Gasteiger charge is -2.29. The first-order valence-corrected chi connectivity index (χ1v) is 8.08. The fourth-order valence-corrected chi connectivity index (χ4v) is 3.39. The average molecular weight is 301 g/mol. The number of hydrogen-bond donors (Lipinski definition) is 2. The minimum Gasteiger partial charge on any atom is -0.348 e. The molecule has 110 valence electrons. The smallest absolute Gasteiger partial charge is 0.263 e. The molecule has 0 saturated carbocycles. The van der Waals surface area contributed by atoms with Gasteiger partial charge in [-0.2, -0.15) is 0 Å². The molecule has 1 aliphatic rings. The van der Waals surface area contributed by atoms with Gasteiger partial charge in [0.15, 0.2) is 0 Å². The van der Waals surface area contributed by atoms with Crippen LogP contribution >= 0.6 is 11.3 Å². The number of amides is 1. The molecule has 2 N–H and O–H groups in total. The van der Waals surface area contributed by atoms with E-state index in [0.29, 0.717) is 10.8 Å². The molecule has 2 heterocycles. The van der Waals surface area contributed by atoms with Crippen molar-refractivity contribution in [1.82, 2.24) is 15.6 Å². The summed E-state index contributed by atoms with van der Waals surface area (Å²) in [5.41, 5.74) is 1.05. The van der Waals surface area contributed by atoms with Gasteiger partial charge in [0.25, 0.3) is 5.91 Å². The molecule has 5 heteroatoms. The predicted molar refractivity (Wildman–Crippen MR) is 85.5 cm³/mol. The highest BCUT2D eigenvalue weighted by molar-refractivity contribution is 7.16. The Bertz CT molecular complexity index is 611. The van der Waals surface area contributed by atoms with Crippen LogP contribution in [0.3, 0.4) is 0 Å². The Kier molecular flexibility index (Phi) is 4.31. The molecular weight excluding hydrogens is 282 g/mol. The number of aromatic nitrogens is 1. The molecule has 0 spiro atoms. The summed E-state index contributed by atoms with van der Waals surface area (Å²) < 4.78 is 0. The van der Waals surface area contributed by atoms with E-state index in [4.69, 9.17) is 0 Å². The highest BCUT2D eigenvalue weighted by Crippen LogP contribution is 2.25. The number of carbonyl (C=O) groups excluding carboxylic acids is 1. The maximum absolute atomic E-state index is 12.3. The lowest BCUT2D eigenvalue weighted by molar-refractivity contribution is 0.0918. The summed E-state index contributed by atoms with van der Waals surface area (Å²) in [5, 5.41) is 7.37. The van der Waals surface area contributed by atoms with E-state index >= 15 is 0 Å². The molecule has 2 atom stereocenters. The Balaban J connectivity index is 1.69. The van der Waals surface area contributed by atoms with E-state index in [-0.39, 0.29) is 11.9 Å². The number of nitrogens with one attached hydrogen (secondary N) is 2. The summed E-state index contributed by atoms with van der Waals surface area (Å²) in [5.74, 6) is 0.456. The van der Waals surface area contributed by atoms with Crippen molar-refractivity contribution in [2.45, 2.75) is 19.4 Å². The van der Waals surface area contributed by atoms with Gasteiger partial charge in [-0.3, -0.25) is 4.79 Å². The first-order chi connectivity index (χ1) is 10.2. The summed E-state index contributed by atoms with van der Waals surface area (Å²) in [6, 6.07) is 10.2. The second-order valence-corrected chi connectivity index (χ2v) is 6.48. The van der Waals surface area contributed by atoms with Crippen LogP contribution in [0.15, 0.2) is 36.5 Å². The van der Waals surface area contributed by atoms with Gasteiger partial charge in [-0.15, -0.1) is 11.3 Å². The quantitative estimate of drug-likeness (QED) is 0.916. The fraction of sp³-hybridized carbons (Fsp3) is 0.375. The minimum absolute atomic E-state index is 0.00608. The Hall–Kier alpha value is -1.72. The van der Waals surface area contributed by atoms with Crippen LogP contribution in [0, 0.1) is 5.92 Å². The van der Waals surface area contributed by atoms with E-state index in [2.05, 4.69) is 22.5 Å². The van der Waals surface area contributed by atoms with Gasteiger partial charge in [0.2, 0.25) is 0 Å². The third-order valence-corrected chi connectivity index (χ3v) is 4.90. The Morgan fingerprint density at radius 2 is 2.19 bits per heavy atom. The summed E-state index contributed by atoms with van der Waals surface area (Å²) in [7, 11) is 0. The number of thiazole rings is 1. The highest BCUT2D eigenvalue weighted by atomic mass is 32.1. The van der Waals surface area contributed by atoms with Crippen LogP contribution in [0.1, 0.15) is 23.0 Å². The van der Waals surface area contributed by atoms with E-state index in [1.54, 1.807) is 6.20 Å². The van der Waals surface area contributed by atoms with Gasteiger partial charge in [0.05, 0.1) is 6.20 Å². The number of rotatable bonds is 3. The minimum atomic E-state index is -0.00608. The third-order valence-electron chi connectivity index (χ3n) is 3.85. The SMILES string of the molecule is CC1CNCCC1NC(=O)c1cnc(-c2ccccc2)s1. The zero-order valence-corrected chi connectivity index (χ0v) is 12.8. The number of hydrogen-bond acceptors (Lipinski definition) is 4. The van der Waals surface area contributed by atoms with Crippen molar-refractivity contribution in [1.29, 1.82) is 0 Å². The second kappa shape index (κ2) is 6.37. The summed E-state index contributed by atoms with van der Waals surface area (Å²) >= 11 is 1.45. The molecule has 2 unspecified atom stereocenters. The predicted octanol–water partition coefficient (Wildman–Crippen LogP) is 2.54. The van der Waals surface area contributed by atoms with Crippen molar-refractivity contribution in [2.24, 2.45) is 5.92 Å². The number of nitrogens with zero attached hydrogens (tertiary/aromatic N) is 1. The van der Waals surface area contributed by atoms with Crippen LogP contribution in [0.25, 0.3) is 10.6 Å². The van der Waals surface area contributed by atoms with Crippen LogP contribution in [-0.2, 0) is 0 Å². The van der Waals surface area contributed by atoms with E-state index < -0.39 is 0 Å². The molecule has 1 amide bonds. The van der Waals surface area contributed by atoms with Crippen LogP contribution in [0.5, 0.6) is 0 Å². The van der Waals surface area contributed by atoms with Gasteiger partial charge < -0.3 is 10.6 Å². The monoisotopic (exact) mass is 301 g/mol. The van der Waals surface area contributed by atoms with Crippen molar-refractivity contribution in [3.63, 3.8) is 0 Å². The molecule has 0 aliphatic carbocycles. The molecule has 4 nitrogen and oxygen atoms in total. The van der Waals surface area contributed by atoms with Gasteiger partial charge in [-0.05, 0) is 25.4 Å².